The van der Waals surface area contributed by atoms with Gasteiger partial charge >= 0.3 is 12.2 Å². The number of halogens is 3. The summed E-state index contributed by atoms with van der Waals surface area (Å²) < 4.78 is 52.8. The van der Waals surface area contributed by atoms with Crippen LogP contribution in [-0.2, 0) is 6.18 Å². The number of para-hydroxylation sites is 2. The molecule has 0 amide bonds. The van der Waals surface area contributed by atoms with Gasteiger partial charge in [-0.2, -0.15) is 18.2 Å². The standard InChI is InChI=1S/C23H30F3N3O2/c1-3-4-10-15-30-22-27-16-18(23(24,25)26)21(28-22)29(2)19-13-8-9-14-20(19)31-17-11-6-5-7-12-17/h8-9,13-14,16-17H,3-7,10-12,15H2,1-2H3. The number of hydrogen-bond donors (Lipinski definition) is 0. The zero-order valence-corrected chi connectivity index (χ0v) is 18.1. The van der Waals surface area contributed by atoms with Gasteiger partial charge in [-0.1, -0.05) is 38.3 Å². The van der Waals surface area contributed by atoms with Crippen LogP contribution in [0.3, 0.4) is 0 Å². The minimum absolute atomic E-state index is 0.0587. The largest absolute Gasteiger partial charge is 0.488 e. The quantitative estimate of drug-likeness (QED) is 0.417. The second kappa shape index (κ2) is 10.7. The molecule has 1 heterocycles. The summed E-state index contributed by atoms with van der Waals surface area (Å²) in [7, 11) is 1.56. The molecule has 8 heteroatoms. The Morgan fingerprint density at radius 1 is 1.10 bits per heavy atom. The van der Waals surface area contributed by atoms with Crippen LogP contribution in [0.5, 0.6) is 11.8 Å². The second-order valence-electron chi connectivity index (χ2n) is 7.85. The highest BCUT2D eigenvalue weighted by molar-refractivity contribution is 5.68. The Hall–Kier alpha value is -2.51. The molecule has 1 fully saturated rings. The maximum absolute atomic E-state index is 13.7. The van der Waals surface area contributed by atoms with Gasteiger partial charge in [-0.15, -0.1) is 0 Å². The number of ether oxygens (including phenoxy) is 2. The van der Waals surface area contributed by atoms with E-state index in [0.29, 0.717) is 18.0 Å². The van der Waals surface area contributed by atoms with Crippen LogP contribution in [0.25, 0.3) is 0 Å². The first-order chi connectivity index (χ1) is 14.9. The van der Waals surface area contributed by atoms with E-state index in [1.807, 2.05) is 6.07 Å². The van der Waals surface area contributed by atoms with E-state index < -0.39 is 11.7 Å². The fourth-order valence-electron chi connectivity index (χ4n) is 3.71. The number of aromatic nitrogens is 2. The molecule has 0 spiro atoms. The molecule has 1 saturated carbocycles. The van der Waals surface area contributed by atoms with Crippen molar-refractivity contribution in [3.05, 3.63) is 36.0 Å². The zero-order valence-electron chi connectivity index (χ0n) is 18.1. The molecule has 0 saturated heterocycles. The fourth-order valence-corrected chi connectivity index (χ4v) is 3.71. The van der Waals surface area contributed by atoms with E-state index in [-0.39, 0.29) is 17.9 Å². The zero-order chi connectivity index (χ0) is 22.3. The lowest BCUT2D eigenvalue weighted by Gasteiger charge is -2.28. The van der Waals surface area contributed by atoms with E-state index in [1.165, 1.54) is 11.3 Å². The summed E-state index contributed by atoms with van der Waals surface area (Å²) in [6.07, 6.45) is 4.36. The number of hydrogen-bond acceptors (Lipinski definition) is 5. The van der Waals surface area contributed by atoms with Crippen LogP contribution in [0.2, 0.25) is 0 Å². The highest BCUT2D eigenvalue weighted by atomic mass is 19.4. The number of anilines is 2. The van der Waals surface area contributed by atoms with Crippen molar-refractivity contribution in [1.29, 1.82) is 0 Å². The normalized spacial score (nSPS) is 15.0. The van der Waals surface area contributed by atoms with Crippen molar-refractivity contribution in [3.8, 4) is 11.8 Å². The van der Waals surface area contributed by atoms with Gasteiger partial charge in [-0.25, -0.2) is 4.98 Å². The number of rotatable bonds is 9. The minimum Gasteiger partial charge on any atom is -0.488 e. The lowest BCUT2D eigenvalue weighted by molar-refractivity contribution is -0.137. The van der Waals surface area contributed by atoms with Crippen molar-refractivity contribution < 1.29 is 22.6 Å². The van der Waals surface area contributed by atoms with Crippen molar-refractivity contribution in [2.24, 2.45) is 0 Å². The molecule has 1 aromatic carbocycles. The molecule has 1 aliphatic carbocycles. The molecule has 31 heavy (non-hydrogen) atoms. The van der Waals surface area contributed by atoms with Gasteiger partial charge in [0.15, 0.2) is 5.82 Å². The summed E-state index contributed by atoms with van der Waals surface area (Å²) in [5, 5.41) is 0. The van der Waals surface area contributed by atoms with Crippen LogP contribution in [0.4, 0.5) is 24.7 Å². The van der Waals surface area contributed by atoms with E-state index in [1.54, 1.807) is 25.2 Å². The maximum Gasteiger partial charge on any atom is 0.421 e. The van der Waals surface area contributed by atoms with E-state index in [2.05, 4.69) is 16.9 Å². The summed E-state index contributed by atoms with van der Waals surface area (Å²) in [6.45, 7) is 2.43. The number of alkyl halides is 3. The number of nitrogens with zero attached hydrogens (tertiary/aromatic N) is 3. The highest BCUT2D eigenvalue weighted by Gasteiger charge is 2.37. The Labute approximate surface area is 181 Å². The van der Waals surface area contributed by atoms with Gasteiger partial charge in [0.25, 0.3) is 0 Å². The topological polar surface area (TPSA) is 47.5 Å². The maximum atomic E-state index is 13.7. The van der Waals surface area contributed by atoms with Crippen LogP contribution in [0, 0.1) is 0 Å². The predicted octanol–water partition coefficient (Wildman–Crippen LogP) is 6.54. The molecule has 0 aliphatic heterocycles. The first kappa shape index (κ1) is 23.2. The first-order valence-corrected chi connectivity index (χ1v) is 11.0. The van der Waals surface area contributed by atoms with Gasteiger partial charge in [0, 0.05) is 13.2 Å². The lowest BCUT2D eigenvalue weighted by atomic mass is 9.98. The molecule has 0 radical (unpaired) electrons. The average Bonchev–Trinajstić information content (AvgIpc) is 2.76. The smallest absolute Gasteiger partial charge is 0.421 e. The van der Waals surface area contributed by atoms with Gasteiger partial charge in [0.05, 0.1) is 18.4 Å². The Morgan fingerprint density at radius 3 is 2.55 bits per heavy atom. The average molecular weight is 438 g/mol. The number of unbranched alkanes of at least 4 members (excludes halogenated alkanes) is 2. The molecular weight excluding hydrogens is 407 g/mol. The molecule has 2 aromatic rings. The summed E-state index contributed by atoms with van der Waals surface area (Å²) in [5.74, 6) is 0.293. The number of benzene rings is 1. The lowest BCUT2D eigenvalue weighted by Crippen LogP contribution is -2.23. The summed E-state index contributed by atoms with van der Waals surface area (Å²) >= 11 is 0. The van der Waals surface area contributed by atoms with Gasteiger partial charge in [-0.05, 0) is 44.2 Å². The van der Waals surface area contributed by atoms with Crippen LogP contribution >= 0.6 is 0 Å². The van der Waals surface area contributed by atoms with Crippen LogP contribution < -0.4 is 14.4 Å². The first-order valence-electron chi connectivity index (χ1n) is 11.0. The summed E-state index contributed by atoms with van der Waals surface area (Å²) in [6, 6.07) is 7.06. The van der Waals surface area contributed by atoms with Crippen molar-refractivity contribution in [3.63, 3.8) is 0 Å². The Balaban J connectivity index is 1.89. The SMILES string of the molecule is CCCCCOc1ncc(C(F)(F)F)c(N(C)c2ccccc2OC2CCCCC2)n1. The third-order valence-electron chi connectivity index (χ3n) is 5.42. The molecule has 0 bridgehead atoms. The van der Waals surface area contributed by atoms with Crippen LogP contribution in [0.15, 0.2) is 30.5 Å². The van der Waals surface area contributed by atoms with Gasteiger partial charge < -0.3 is 14.4 Å². The van der Waals surface area contributed by atoms with Gasteiger partial charge in [0.2, 0.25) is 0 Å². The molecule has 1 aromatic heterocycles. The van der Waals surface area contributed by atoms with E-state index in [9.17, 15) is 13.2 Å². The third-order valence-corrected chi connectivity index (χ3v) is 5.42. The summed E-state index contributed by atoms with van der Waals surface area (Å²) in [5.41, 5.74) is -0.391. The molecule has 0 unspecified atom stereocenters. The van der Waals surface area contributed by atoms with Crippen LogP contribution in [-0.4, -0.2) is 29.7 Å². The molecule has 5 nitrogen and oxygen atoms in total. The fraction of sp³-hybridized carbons (Fsp3) is 0.565. The minimum atomic E-state index is -4.59. The van der Waals surface area contributed by atoms with E-state index >= 15 is 0 Å². The van der Waals surface area contributed by atoms with E-state index in [4.69, 9.17) is 9.47 Å². The van der Waals surface area contributed by atoms with Gasteiger partial charge in [0.1, 0.15) is 11.3 Å². The van der Waals surface area contributed by atoms with Crippen molar-refractivity contribution in [2.45, 2.75) is 70.6 Å². The monoisotopic (exact) mass is 437 g/mol. The third kappa shape index (κ3) is 6.24. The predicted molar refractivity (Wildman–Crippen MR) is 114 cm³/mol. The molecular formula is C23H30F3N3O2. The van der Waals surface area contributed by atoms with Crippen molar-refractivity contribution >= 4 is 11.5 Å². The highest BCUT2D eigenvalue weighted by Crippen LogP contribution is 2.40. The van der Waals surface area contributed by atoms with Crippen molar-refractivity contribution in [2.75, 3.05) is 18.6 Å². The molecule has 170 valence electrons. The van der Waals surface area contributed by atoms with E-state index in [0.717, 1.165) is 51.1 Å². The Bertz CT molecular complexity index is 839. The molecule has 1 aliphatic rings. The van der Waals surface area contributed by atoms with Crippen LogP contribution in [0.1, 0.15) is 63.9 Å². The second-order valence-corrected chi connectivity index (χ2v) is 7.85. The molecule has 0 atom stereocenters. The summed E-state index contributed by atoms with van der Waals surface area (Å²) in [4.78, 5) is 9.31. The Morgan fingerprint density at radius 2 is 1.84 bits per heavy atom. The van der Waals surface area contributed by atoms with Gasteiger partial charge in [-0.3, -0.25) is 0 Å². The Kier molecular flexibility index (Phi) is 7.98. The molecule has 3 rings (SSSR count). The van der Waals surface area contributed by atoms with Crippen molar-refractivity contribution in [1.82, 2.24) is 9.97 Å². The molecule has 0 N–H and O–H groups in total.